The Morgan fingerprint density at radius 2 is 1.67 bits per heavy atom. The van der Waals surface area contributed by atoms with Crippen LogP contribution in [0.3, 0.4) is 0 Å². The fourth-order valence-corrected chi connectivity index (χ4v) is 0.0833. The van der Waals surface area contributed by atoms with E-state index in [1.54, 1.807) is 0 Å². The maximum absolute atomic E-state index is 4.48. The van der Waals surface area contributed by atoms with E-state index in [1.807, 2.05) is 0 Å². The van der Waals surface area contributed by atoms with Crippen LogP contribution in [-0.2, 0) is 25.0 Å². The van der Waals surface area contributed by atoms with Gasteiger partial charge in [0.1, 0.15) is 0 Å². The Bertz CT molecular complexity index is 46.8. The van der Waals surface area contributed by atoms with Gasteiger partial charge in [0.15, 0.2) is 0 Å². The third-order valence-electron chi connectivity index (χ3n) is 0.311. The summed E-state index contributed by atoms with van der Waals surface area (Å²) in [6.45, 7) is 0. The fraction of sp³-hybridized carbons (Fsp3) is 0.667. The zero-order chi connectivity index (χ0) is 4.99. The second kappa shape index (κ2) is 3.50. The molecule has 0 bridgehead atoms. The van der Waals surface area contributed by atoms with Gasteiger partial charge in [-0.3, -0.25) is 0 Å². The summed E-state index contributed by atoms with van der Waals surface area (Å²) in [6.07, 6.45) is 0. The Hall–Kier alpha value is 0.309. The van der Waals surface area contributed by atoms with Gasteiger partial charge in [0.25, 0.3) is 0 Å². The van der Waals surface area contributed by atoms with E-state index in [0.29, 0.717) is 4.79 Å². The first-order valence-electron chi connectivity index (χ1n) is 1.40. The van der Waals surface area contributed by atoms with Gasteiger partial charge in [-0.25, -0.2) is 0 Å². The first-order chi connectivity index (χ1) is 2.81. The van der Waals surface area contributed by atoms with Crippen LogP contribution in [0, 0.1) is 0 Å². The van der Waals surface area contributed by atoms with E-state index in [0.717, 1.165) is 0 Å². The van der Waals surface area contributed by atoms with Gasteiger partial charge in [-0.15, -0.1) is 0 Å². The summed E-state index contributed by atoms with van der Waals surface area (Å²) in [5, 5.41) is 0. The molecule has 0 aliphatic heterocycles. The molecule has 0 radical (unpaired) electrons. The zero-order valence-corrected chi connectivity index (χ0v) is 4.77. The summed E-state index contributed by atoms with van der Waals surface area (Å²) in [5.41, 5.74) is 0. The first-order valence-corrected chi connectivity index (χ1v) is 1.95. The molecular formula is C3H6FeO2+. The molecule has 0 rings (SSSR count). The van der Waals surface area contributed by atoms with Crippen LogP contribution in [0.2, 0.25) is 0 Å². The van der Waals surface area contributed by atoms with Crippen LogP contribution < -0.4 is 0 Å². The molecule has 3 heteroatoms. The molecule has 6 heavy (non-hydrogen) atoms. The second-order valence-electron chi connectivity index (χ2n) is 0.636. The molecule has 0 aromatic heterocycles. The van der Waals surface area contributed by atoms with Crippen LogP contribution in [0.1, 0.15) is 0 Å². The molecule has 0 fully saturated rings. The number of methoxy groups -OCH3 is 2. The van der Waals surface area contributed by atoms with Crippen molar-refractivity contribution in [3.8, 4) is 0 Å². The Balaban J connectivity index is 2.99. The average Bonchev–Trinajstić information content (AvgIpc) is 1.65. The third kappa shape index (κ3) is 2.54. The number of hydrogen-bond donors (Lipinski definition) is 0. The van der Waals surface area contributed by atoms with Crippen LogP contribution in [0.5, 0.6) is 0 Å². The summed E-state index contributed by atoms with van der Waals surface area (Å²) in [4.78, 5) is 0.343. The van der Waals surface area contributed by atoms with E-state index in [2.05, 4.69) is 25.0 Å². The summed E-state index contributed by atoms with van der Waals surface area (Å²) in [6, 6.07) is 0. The van der Waals surface area contributed by atoms with Crippen molar-refractivity contribution in [3.05, 3.63) is 0 Å². The molecule has 0 spiro atoms. The maximum atomic E-state index is 4.48. The minimum absolute atomic E-state index is 0.343. The average molecular weight is 130 g/mol. The standard InChI is InChI=1S/C3H6O2.Fe/c1-4-3-5-2;/h1-2H3;/q;+1. The predicted octanol–water partition coefficient (Wildman–Crippen LogP) is -0.0866. The van der Waals surface area contributed by atoms with Crippen molar-refractivity contribution in [2.24, 2.45) is 0 Å². The normalized spacial score (nSPS) is 8.33. The van der Waals surface area contributed by atoms with E-state index in [1.165, 1.54) is 14.2 Å². The van der Waals surface area contributed by atoms with Gasteiger partial charge in [0.2, 0.25) is 0 Å². The van der Waals surface area contributed by atoms with Crippen LogP contribution >= 0.6 is 0 Å². The molecule has 0 saturated carbocycles. The predicted molar refractivity (Wildman–Crippen MR) is 19.0 cm³/mol. The van der Waals surface area contributed by atoms with E-state index >= 15 is 0 Å². The number of hydrogen-bond acceptors (Lipinski definition) is 2. The zero-order valence-electron chi connectivity index (χ0n) is 3.67. The van der Waals surface area contributed by atoms with Gasteiger partial charge in [-0.1, -0.05) is 0 Å². The molecule has 0 heterocycles. The molecule has 37 valence electrons. The molecule has 2 nitrogen and oxygen atoms in total. The molecule has 0 unspecified atom stereocenters. The van der Waals surface area contributed by atoms with Crippen LogP contribution in [0.25, 0.3) is 0 Å². The Morgan fingerprint density at radius 1 is 1.33 bits per heavy atom. The van der Waals surface area contributed by atoms with E-state index < -0.39 is 0 Å². The molecule has 0 aliphatic rings. The first kappa shape index (κ1) is 6.31. The number of rotatable bonds is 2. The summed E-state index contributed by atoms with van der Waals surface area (Å²) < 4.78 is 8.97. The van der Waals surface area contributed by atoms with Gasteiger partial charge >= 0.3 is 44.1 Å². The Kier molecular flexibility index (Phi) is 3.68. The van der Waals surface area contributed by atoms with Gasteiger partial charge in [-0.05, 0) is 0 Å². The van der Waals surface area contributed by atoms with E-state index in [-0.39, 0.29) is 0 Å². The monoisotopic (exact) mass is 130 g/mol. The Labute approximate surface area is 44.8 Å². The van der Waals surface area contributed by atoms with Crippen LogP contribution in [-0.4, -0.2) is 19.0 Å². The van der Waals surface area contributed by atoms with Crippen molar-refractivity contribution in [1.82, 2.24) is 0 Å². The number of ether oxygens (including phenoxy) is 2. The third-order valence-corrected chi connectivity index (χ3v) is 0.762. The molecular weight excluding hydrogens is 124 g/mol. The van der Waals surface area contributed by atoms with Crippen molar-refractivity contribution in [2.75, 3.05) is 14.2 Å². The second-order valence-corrected chi connectivity index (χ2v) is 1.09. The topological polar surface area (TPSA) is 18.5 Å². The summed E-state index contributed by atoms with van der Waals surface area (Å²) >= 11 is 3.35. The van der Waals surface area contributed by atoms with E-state index in [9.17, 15) is 0 Å². The summed E-state index contributed by atoms with van der Waals surface area (Å²) in [5.74, 6) is 0. The molecule has 0 N–H and O–H groups in total. The fourth-order valence-electron chi connectivity index (χ4n) is 0.0833. The molecule has 0 aromatic rings. The van der Waals surface area contributed by atoms with E-state index in [4.69, 9.17) is 0 Å². The van der Waals surface area contributed by atoms with Gasteiger partial charge in [0, 0.05) is 0 Å². The van der Waals surface area contributed by atoms with Gasteiger partial charge in [-0.2, -0.15) is 0 Å². The minimum atomic E-state index is 0.343. The molecule has 0 saturated heterocycles. The van der Waals surface area contributed by atoms with Crippen molar-refractivity contribution in [1.29, 1.82) is 0 Å². The van der Waals surface area contributed by atoms with Crippen molar-refractivity contribution < 1.29 is 25.0 Å². The van der Waals surface area contributed by atoms with Crippen molar-refractivity contribution in [3.63, 3.8) is 0 Å². The van der Waals surface area contributed by atoms with Crippen molar-refractivity contribution >= 4 is 4.79 Å². The molecule has 0 aromatic carbocycles. The SMILES string of the molecule is CO[C](=[Fe+])OC. The van der Waals surface area contributed by atoms with Crippen LogP contribution in [0.4, 0.5) is 0 Å². The van der Waals surface area contributed by atoms with Crippen LogP contribution in [0.15, 0.2) is 0 Å². The molecule has 0 amide bonds. The van der Waals surface area contributed by atoms with Gasteiger partial charge < -0.3 is 0 Å². The molecule has 0 aliphatic carbocycles. The van der Waals surface area contributed by atoms with Crippen molar-refractivity contribution in [2.45, 2.75) is 0 Å². The van der Waals surface area contributed by atoms with Gasteiger partial charge in [0.05, 0.1) is 0 Å². The Morgan fingerprint density at radius 3 is 1.67 bits per heavy atom. The summed E-state index contributed by atoms with van der Waals surface area (Å²) in [7, 11) is 3.01. The quantitative estimate of drug-likeness (QED) is 0.486. The molecule has 0 atom stereocenters.